The van der Waals surface area contributed by atoms with Gasteiger partial charge in [0, 0.05) is 6.54 Å². The van der Waals surface area contributed by atoms with E-state index < -0.39 is 17.7 Å². The summed E-state index contributed by atoms with van der Waals surface area (Å²) in [5, 5.41) is 12.7. The van der Waals surface area contributed by atoms with Crippen LogP contribution in [0.2, 0.25) is 5.02 Å². The molecule has 2 N–H and O–H groups in total. The molecule has 112 valence electrons. The number of aliphatic hydroxyl groups is 1. The highest BCUT2D eigenvalue weighted by Crippen LogP contribution is 2.23. The monoisotopic (exact) mass is 313 g/mol. The number of rotatable bonds is 6. The third kappa shape index (κ3) is 4.31. The average Bonchev–Trinajstić information content (AvgIpc) is 2.46. The summed E-state index contributed by atoms with van der Waals surface area (Å²) in [6, 6.07) is 10.4. The van der Waals surface area contributed by atoms with Crippen molar-refractivity contribution in [3.63, 3.8) is 0 Å². The van der Waals surface area contributed by atoms with E-state index in [1.165, 1.54) is 6.07 Å². The van der Waals surface area contributed by atoms with Crippen molar-refractivity contribution in [3.8, 4) is 5.75 Å². The average molecular weight is 314 g/mol. The van der Waals surface area contributed by atoms with Gasteiger partial charge in [-0.1, -0.05) is 29.8 Å². The first-order valence-corrected chi connectivity index (χ1v) is 6.69. The van der Waals surface area contributed by atoms with Crippen molar-refractivity contribution in [2.45, 2.75) is 6.10 Å². The van der Waals surface area contributed by atoms with E-state index in [-0.39, 0.29) is 18.8 Å². The molecule has 6 heteroatoms. The molecule has 21 heavy (non-hydrogen) atoms. The minimum atomic E-state index is -0.944. The van der Waals surface area contributed by atoms with E-state index >= 15 is 0 Å². The number of hydrogen-bond donors (Lipinski definition) is 2. The Morgan fingerprint density at radius 2 is 1.76 bits per heavy atom. The maximum absolute atomic E-state index is 13.4. The summed E-state index contributed by atoms with van der Waals surface area (Å²) in [7, 11) is 0. The zero-order valence-corrected chi connectivity index (χ0v) is 11.8. The molecule has 0 radical (unpaired) electrons. The summed E-state index contributed by atoms with van der Waals surface area (Å²) >= 11 is 5.90. The second kappa shape index (κ2) is 7.24. The lowest BCUT2D eigenvalue weighted by Gasteiger charge is -2.15. The number of nitrogens with one attached hydrogen (secondary N) is 1. The molecule has 3 nitrogen and oxygen atoms in total. The molecule has 0 aliphatic rings. The topological polar surface area (TPSA) is 41.5 Å². The molecule has 2 aromatic rings. The van der Waals surface area contributed by atoms with Gasteiger partial charge in [0.25, 0.3) is 0 Å². The highest BCUT2D eigenvalue weighted by atomic mass is 35.5. The van der Waals surface area contributed by atoms with Crippen LogP contribution in [0.5, 0.6) is 5.75 Å². The maximum Gasteiger partial charge on any atom is 0.149 e. The van der Waals surface area contributed by atoms with Crippen LogP contribution in [0.4, 0.5) is 14.5 Å². The summed E-state index contributed by atoms with van der Waals surface area (Å²) in [6.07, 6.45) is -0.944. The van der Waals surface area contributed by atoms with Gasteiger partial charge in [0.05, 0.1) is 5.02 Å². The second-order valence-corrected chi connectivity index (χ2v) is 4.78. The minimum absolute atomic E-state index is 0.0488. The maximum atomic E-state index is 13.4. The number of anilines is 1. The van der Waals surface area contributed by atoms with Gasteiger partial charge in [0.1, 0.15) is 35.8 Å². The van der Waals surface area contributed by atoms with Crippen LogP contribution in [0.1, 0.15) is 0 Å². The molecule has 0 amide bonds. The van der Waals surface area contributed by atoms with Gasteiger partial charge in [0.2, 0.25) is 0 Å². The largest absolute Gasteiger partial charge is 0.489 e. The molecular weight excluding hydrogens is 300 g/mol. The predicted octanol–water partition coefficient (Wildman–Crippen LogP) is 3.47. The lowest BCUT2D eigenvalue weighted by molar-refractivity contribution is 0.117. The Hall–Kier alpha value is -1.85. The summed E-state index contributed by atoms with van der Waals surface area (Å²) in [4.78, 5) is 0. The Kier molecular flexibility index (Phi) is 5.36. The van der Waals surface area contributed by atoms with Gasteiger partial charge in [-0.25, -0.2) is 8.78 Å². The van der Waals surface area contributed by atoms with E-state index in [4.69, 9.17) is 16.3 Å². The van der Waals surface area contributed by atoms with E-state index in [2.05, 4.69) is 5.32 Å². The Morgan fingerprint density at radius 1 is 1.10 bits per heavy atom. The zero-order chi connectivity index (χ0) is 15.2. The standard InChI is InChI=1S/C15H14ClF2NO2/c16-11-4-1-2-7-14(11)21-9-10(20)8-19-15-12(17)5-3-6-13(15)18/h1-7,10,19-20H,8-9H2. The van der Waals surface area contributed by atoms with E-state index in [0.717, 1.165) is 12.1 Å². The summed E-state index contributed by atoms with van der Waals surface area (Å²) in [5.74, 6) is -0.987. The smallest absolute Gasteiger partial charge is 0.149 e. The predicted molar refractivity (Wildman–Crippen MR) is 77.8 cm³/mol. The molecule has 0 bridgehead atoms. The number of hydrogen-bond acceptors (Lipinski definition) is 3. The van der Waals surface area contributed by atoms with Gasteiger partial charge in [-0.15, -0.1) is 0 Å². The molecule has 1 unspecified atom stereocenters. The summed E-state index contributed by atoms with van der Waals surface area (Å²) in [5.41, 5.74) is -0.269. The minimum Gasteiger partial charge on any atom is -0.489 e. The van der Waals surface area contributed by atoms with Gasteiger partial charge in [-0.3, -0.25) is 0 Å². The van der Waals surface area contributed by atoms with Gasteiger partial charge in [0.15, 0.2) is 0 Å². The van der Waals surface area contributed by atoms with Crippen molar-refractivity contribution in [2.24, 2.45) is 0 Å². The van der Waals surface area contributed by atoms with Crippen LogP contribution in [-0.4, -0.2) is 24.4 Å². The van der Waals surface area contributed by atoms with Crippen LogP contribution in [-0.2, 0) is 0 Å². The molecule has 0 saturated carbocycles. The van der Waals surface area contributed by atoms with Crippen molar-refractivity contribution >= 4 is 17.3 Å². The van der Waals surface area contributed by atoms with E-state index in [9.17, 15) is 13.9 Å². The zero-order valence-electron chi connectivity index (χ0n) is 11.0. The molecule has 0 spiro atoms. The number of benzene rings is 2. The van der Waals surface area contributed by atoms with Crippen molar-refractivity contribution in [3.05, 3.63) is 59.1 Å². The SMILES string of the molecule is OC(CNc1c(F)cccc1F)COc1ccccc1Cl. The van der Waals surface area contributed by atoms with Crippen LogP contribution in [0.25, 0.3) is 0 Å². The Bertz CT molecular complexity index is 590. The fraction of sp³-hybridized carbons (Fsp3) is 0.200. The molecule has 2 aromatic carbocycles. The van der Waals surface area contributed by atoms with E-state index in [0.29, 0.717) is 10.8 Å². The lowest BCUT2D eigenvalue weighted by Crippen LogP contribution is -2.27. The second-order valence-electron chi connectivity index (χ2n) is 4.37. The summed E-state index contributed by atoms with van der Waals surface area (Å²) in [6.45, 7) is -0.102. The number of ether oxygens (including phenoxy) is 1. The van der Waals surface area contributed by atoms with Gasteiger partial charge in [-0.05, 0) is 24.3 Å². The van der Waals surface area contributed by atoms with Crippen molar-refractivity contribution in [1.29, 1.82) is 0 Å². The van der Waals surface area contributed by atoms with E-state index in [1.54, 1.807) is 24.3 Å². The quantitative estimate of drug-likeness (QED) is 0.858. The van der Waals surface area contributed by atoms with Crippen LogP contribution >= 0.6 is 11.6 Å². The first-order valence-electron chi connectivity index (χ1n) is 6.31. The van der Waals surface area contributed by atoms with E-state index in [1.807, 2.05) is 0 Å². The molecule has 0 saturated heterocycles. The lowest BCUT2D eigenvalue weighted by atomic mass is 10.2. The fourth-order valence-electron chi connectivity index (χ4n) is 1.69. The molecule has 0 aliphatic heterocycles. The van der Waals surface area contributed by atoms with Crippen molar-refractivity contribution < 1.29 is 18.6 Å². The van der Waals surface area contributed by atoms with Crippen LogP contribution in [0.3, 0.4) is 0 Å². The highest BCUT2D eigenvalue weighted by molar-refractivity contribution is 6.32. The highest BCUT2D eigenvalue weighted by Gasteiger charge is 2.11. The Labute approximate surface area is 126 Å². The molecule has 1 atom stereocenters. The van der Waals surface area contributed by atoms with Gasteiger partial charge < -0.3 is 15.2 Å². The first-order chi connectivity index (χ1) is 10.1. The number of aliphatic hydroxyl groups excluding tert-OH is 1. The third-order valence-electron chi connectivity index (χ3n) is 2.75. The molecular formula is C15H14ClF2NO2. The molecule has 2 rings (SSSR count). The van der Waals surface area contributed by atoms with Gasteiger partial charge in [-0.2, -0.15) is 0 Å². The van der Waals surface area contributed by atoms with Crippen LogP contribution < -0.4 is 10.1 Å². The fourth-order valence-corrected chi connectivity index (χ4v) is 1.88. The van der Waals surface area contributed by atoms with Crippen molar-refractivity contribution in [2.75, 3.05) is 18.5 Å². The number of para-hydroxylation sites is 2. The molecule has 0 heterocycles. The van der Waals surface area contributed by atoms with Crippen molar-refractivity contribution in [1.82, 2.24) is 0 Å². The molecule has 0 aliphatic carbocycles. The normalized spacial score (nSPS) is 12.0. The van der Waals surface area contributed by atoms with Crippen LogP contribution in [0, 0.1) is 11.6 Å². The Balaban J connectivity index is 1.85. The summed E-state index contributed by atoms with van der Waals surface area (Å²) < 4.78 is 32.1. The third-order valence-corrected chi connectivity index (χ3v) is 3.06. The molecule has 0 fully saturated rings. The first kappa shape index (κ1) is 15.5. The molecule has 0 aromatic heterocycles. The number of halogens is 3. The van der Waals surface area contributed by atoms with Gasteiger partial charge >= 0.3 is 0 Å². The van der Waals surface area contributed by atoms with Crippen LogP contribution in [0.15, 0.2) is 42.5 Å². The Morgan fingerprint density at radius 3 is 2.43 bits per heavy atom.